The van der Waals surface area contributed by atoms with E-state index >= 15 is 0 Å². The van der Waals surface area contributed by atoms with Crippen LogP contribution >= 0.6 is 11.6 Å². The fraction of sp³-hybridized carbons (Fsp3) is 0.176. The van der Waals surface area contributed by atoms with Gasteiger partial charge in [-0.05, 0) is 43.3 Å². The Bertz CT molecular complexity index is 859. The second-order valence-corrected chi connectivity index (χ2v) is 5.72. The van der Waals surface area contributed by atoms with Crippen molar-refractivity contribution < 1.29 is 28.4 Å². The van der Waals surface area contributed by atoms with Gasteiger partial charge in [0.05, 0.1) is 4.92 Å². The quantitative estimate of drug-likeness (QED) is 0.437. The number of esters is 1. The molecule has 142 valence electrons. The third-order valence-electron chi connectivity index (χ3n) is 3.23. The van der Waals surface area contributed by atoms with E-state index in [2.05, 4.69) is 5.32 Å². The van der Waals surface area contributed by atoms with E-state index in [1.807, 2.05) is 0 Å². The SMILES string of the molecule is C[C@@H](Oc1ccc(F)cc1)C(=O)OCC(=O)Nc1cc(Cl)ccc1[N+](=O)[O-]. The molecule has 0 unspecified atom stereocenters. The summed E-state index contributed by atoms with van der Waals surface area (Å²) in [5.41, 5.74) is -0.476. The van der Waals surface area contributed by atoms with E-state index in [9.17, 15) is 24.1 Å². The summed E-state index contributed by atoms with van der Waals surface area (Å²) in [6.07, 6.45) is -1.05. The molecule has 0 heterocycles. The Kier molecular flexibility index (Phi) is 6.67. The molecule has 0 saturated heterocycles. The van der Waals surface area contributed by atoms with Gasteiger partial charge in [0.25, 0.3) is 11.6 Å². The molecule has 0 aliphatic heterocycles. The number of halogens is 2. The molecule has 1 amide bonds. The third-order valence-corrected chi connectivity index (χ3v) is 3.47. The smallest absolute Gasteiger partial charge is 0.347 e. The van der Waals surface area contributed by atoms with Crippen molar-refractivity contribution in [2.45, 2.75) is 13.0 Å². The number of nitrogens with one attached hydrogen (secondary N) is 1. The Balaban J connectivity index is 1.89. The summed E-state index contributed by atoms with van der Waals surface area (Å²) in [6.45, 7) is 0.713. The molecule has 0 fully saturated rings. The number of carbonyl (C=O) groups is 2. The molecule has 0 aliphatic carbocycles. The number of nitro benzene ring substituents is 1. The number of nitrogens with zero attached hydrogens (tertiary/aromatic N) is 1. The second kappa shape index (κ2) is 8.95. The molecule has 10 heteroatoms. The van der Waals surface area contributed by atoms with Gasteiger partial charge in [0.2, 0.25) is 0 Å². The van der Waals surface area contributed by atoms with Crippen LogP contribution in [0.15, 0.2) is 42.5 Å². The second-order valence-electron chi connectivity index (χ2n) is 5.29. The predicted molar refractivity (Wildman–Crippen MR) is 94.2 cm³/mol. The summed E-state index contributed by atoms with van der Waals surface area (Å²) in [4.78, 5) is 34.0. The molecule has 2 rings (SSSR count). The molecule has 0 saturated carbocycles. The number of ether oxygens (including phenoxy) is 2. The van der Waals surface area contributed by atoms with Gasteiger partial charge in [-0.3, -0.25) is 14.9 Å². The number of hydrogen-bond acceptors (Lipinski definition) is 6. The summed E-state index contributed by atoms with van der Waals surface area (Å²) < 4.78 is 22.9. The van der Waals surface area contributed by atoms with E-state index in [0.717, 1.165) is 6.07 Å². The molecule has 0 aromatic heterocycles. The lowest BCUT2D eigenvalue weighted by Gasteiger charge is -2.14. The minimum absolute atomic E-state index is 0.121. The van der Waals surface area contributed by atoms with E-state index in [-0.39, 0.29) is 22.1 Å². The Morgan fingerprint density at radius 3 is 2.56 bits per heavy atom. The number of anilines is 1. The molecule has 0 radical (unpaired) electrons. The molecule has 2 aromatic rings. The van der Waals surface area contributed by atoms with Crippen LogP contribution in [0.3, 0.4) is 0 Å². The molecule has 1 atom stereocenters. The topological polar surface area (TPSA) is 108 Å². The Morgan fingerprint density at radius 1 is 1.26 bits per heavy atom. The maximum Gasteiger partial charge on any atom is 0.347 e. The molecular weight excluding hydrogens is 383 g/mol. The van der Waals surface area contributed by atoms with Crippen molar-refractivity contribution in [1.29, 1.82) is 0 Å². The number of hydrogen-bond donors (Lipinski definition) is 1. The number of amides is 1. The molecule has 2 aromatic carbocycles. The van der Waals surface area contributed by atoms with Crippen LogP contribution in [0.4, 0.5) is 15.8 Å². The number of rotatable bonds is 7. The largest absolute Gasteiger partial charge is 0.479 e. The molecular formula is C17H14ClFN2O6. The van der Waals surface area contributed by atoms with Crippen molar-refractivity contribution in [3.63, 3.8) is 0 Å². The average Bonchev–Trinajstić information content (AvgIpc) is 2.61. The number of benzene rings is 2. The Hall–Kier alpha value is -3.20. The zero-order chi connectivity index (χ0) is 20.0. The van der Waals surface area contributed by atoms with E-state index in [4.69, 9.17) is 21.1 Å². The van der Waals surface area contributed by atoms with Gasteiger partial charge in [-0.1, -0.05) is 11.6 Å². The normalized spacial score (nSPS) is 11.4. The molecule has 0 aliphatic rings. The number of carbonyl (C=O) groups excluding carboxylic acids is 2. The minimum atomic E-state index is -1.05. The van der Waals surface area contributed by atoms with Crippen molar-refractivity contribution in [2.24, 2.45) is 0 Å². The van der Waals surface area contributed by atoms with Gasteiger partial charge in [0.1, 0.15) is 17.3 Å². The zero-order valence-corrected chi connectivity index (χ0v) is 14.7. The van der Waals surface area contributed by atoms with Crippen LogP contribution in [-0.2, 0) is 14.3 Å². The van der Waals surface area contributed by atoms with Crippen LogP contribution in [0.5, 0.6) is 5.75 Å². The van der Waals surface area contributed by atoms with Crippen LogP contribution in [-0.4, -0.2) is 29.5 Å². The number of nitro groups is 1. The van der Waals surface area contributed by atoms with Gasteiger partial charge in [-0.15, -0.1) is 0 Å². The first-order chi connectivity index (χ1) is 12.8. The van der Waals surface area contributed by atoms with E-state index in [0.29, 0.717) is 0 Å². The first kappa shape index (κ1) is 20.1. The highest BCUT2D eigenvalue weighted by Gasteiger charge is 2.20. The average molecular weight is 397 g/mol. The standard InChI is InChI=1S/C17H14ClFN2O6/c1-10(27-13-5-3-12(19)4-6-13)17(23)26-9-16(22)20-14-8-11(18)2-7-15(14)21(24)25/h2-8,10H,9H2,1H3,(H,20,22)/t10-/m1/s1. The van der Waals surface area contributed by atoms with Crippen molar-refractivity contribution >= 4 is 34.9 Å². The van der Waals surface area contributed by atoms with Gasteiger partial charge in [-0.25, -0.2) is 9.18 Å². The van der Waals surface area contributed by atoms with Gasteiger partial charge in [-0.2, -0.15) is 0 Å². The molecule has 27 heavy (non-hydrogen) atoms. The lowest BCUT2D eigenvalue weighted by Crippen LogP contribution is -2.29. The van der Waals surface area contributed by atoms with Crippen LogP contribution in [0.1, 0.15) is 6.92 Å². The highest BCUT2D eigenvalue weighted by atomic mass is 35.5. The van der Waals surface area contributed by atoms with Crippen LogP contribution in [0.2, 0.25) is 5.02 Å². The van der Waals surface area contributed by atoms with Gasteiger partial charge in [0, 0.05) is 11.1 Å². The van der Waals surface area contributed by atoms with Gasteiger partial charge >= 0.3 is 5.97 Å². The molecule has 0 spiro atoms. The first-order valence-electron chi connectivity index (χ1n) is 7.59. The zero-order valence-electron chi connectivity index (χ0n) is 14.0. The van der Waals surface area contributed by atoms with Gasteiger partial charge < -0.3 is 14.8 Å². The van der Waals surface area contributed by atoms with Gasteiger partial charge in [0.15, 0.2) is 12.7 Å². The highest BCUT2D eigenvalue weighted by molar-refractivity contribution is 6.31. The fourth-order valence-corrected chi connectivity index (χ4v) is 2.15. The Morgan fingerprint density at radius 2 is 1.93 bits per heavy atom. The highest BCUT2D eigenvalue weighted by Crippen LogP contribution is 2.27. The summed E-state index contributed by atoms with van der Waals surface area (Å²) in [7, 11) is 0. The first-order valence-corrected chi connectivity index (χ1v) is 7.96. The van der Waals surface area contributed by atoms with Crippen molar-refractivity contribution in [3.8, 4) is 5.75 Å². The maximum atomic E-state index is 12.8. The van der Waals surface area contributed by atoms with E-state index < -0.39 is 35.3 Å². The lowest BCUT2D eigenvalue weighted by molar-refractivity contribution is -0.383. The lowest BCUT2D eigenvalue weighted by atomic mass is 10.2. The van der Waals surface area contributed by atoms with Crippen molar-refractivity contribution in [2.75, 3.05) is 11.9 Å². The molecule has 8 nitrogen and oxygen atoms in total. The van der Waals surface area contributed by atoms with Crippen molar-refractivity contribution in [3.05, 3.63) is 63.4 Å². The summed E-state index contributed by atoms with van der Waals surface area (Å²) in [6, 6.07) is 8.66. The van der Waals surface area contributed by atoms with Crippen LogP contribution in [0, 0.1) is 15.9 Å². The minimum Gasteiger partial charge on any atom is -0.479 e. The van der Waals surface area contributed by atoms with Crippen LogP contribution in [0.25, 0.3) is 0 Å². The summed E-state index contributed by atoms with van der Waals surface area (Å²) >= 11 is 5.76. The molecule has 0 bridgehead atoms. The predicted octanol–water partition coefficient (Wildman–Crippen LogP) is 3.34. The molecule has 1 N–H and O–H groups in total. The Labute approximate surface area is 158 Å². The van der Waals surface area contributed by atoms with Crippen molar-refractivity contribution in [1.82, 2.24) is 0 Å². The summed E-state index contributed by atoms with van der Waals surface area (Å²) in [5, 5.41) is 13.4. The summed E-state index contributed by atoms with van der Waals surface area (Å²) in [5.74, 6) is -1.83. The van der Waals surface area contributed by atoms with E-state index in [1.54, 1.807) is 0 Å². The third kappa shape index (κ3) is 5.93. The monoisotopic (exact) mass is 396 g/mol. The maximum absolute atomic E-state index is 12.8. The fourth-order valence-electron chi connectivity index (χ4n) is 1.97. The van der Waals surface area contributed by atoms with E-state index in [1.165, 1.54) is 43.3 Å². The van der Waals surface area contributed by atoms with Crippen LogP contribution < -0.4 is 10.1 Å².